The summed E-state index contributed by atoms with van der Waals surface area (Å²) in [7, 11) is 0. The first-order valence-electron chi connectivity index (χ1n) is 8.01. The summed E-state index contributed by atoms with van der Waals surface area (Å²) in [5.74, 6) is 0.258. The predicted molar refractivity (Wildman–Crippen MR) is 79.6 cm³/mol. The van der Waals surface area contributed by atoms with Gasteiger partial charge in [-0.3, -0.25) is 4.90 Å². The quantitative estimate of drug-likeness (QED) is 0.772. The summed E-state index contributed by atoms with van der Waals surface area (Å²) in [5, 5.41) is 12.2. The lowest BCUT2D eigenvalue weighted by Crippen LogP contribution is -2.48. The van der Waals surface area contributed by atoms with E-state index in [0.717, 1.165) is 32.0 Å². The standard InChI is InChI=1S/C15H29N3O2/c1-12(2)18(14-5-6-14)9-7-16-15(20)17-8-3-4-13(10-17)11-19/h12-14,19H,3-11H2,1-2H3,(H,16,20). The molecule has 1 unspecified atom stereocenters. The molecule has 1 heterocycles. The van der Waals surface area contributed by atoms with E-state index in [1.807, 2.05) is 4.90 Å². The summed E-state index contributed by atoms with van der Waals surface area (Å²) in [6.07, 6.45) is 4.63. The SMILES string of the molecule is CC(C)N(CCNC(=O)N1CCCC(CO)C1)C1CC1. The minimum absolute atomic E-state index is 0.0302. The van der Waals surface area contributed by atoms with Crippen LogP contribution in [0.15, 0.2) is 0 Å². The Morgan fingerprint density at radius 3 is 2.75 bits per heavy atom. The first-order valence-corrected chi connectivity index (χ1v) is 8.01. The second kappa shape index (κ2) is 7.27. The van der Waals surface area contributed by atoms with Crippen LogP contribution in [0.4, 0.5) is 4.79 Å². The van der Waals surface area contributed by atoms with E-state index in [-0.39, 0.29) is 18.6 Å². The van der Waals surface area contributed by atoms with Gasteiger partial charge in [-0.1, -0.05) is 0 Å². The molecule has 1 aliphatic heterocycles. The van der Waals surface area contributed by atoms with Crippen molar-refractivity contribution in [1.29, 1.82) is 0 Å². The lowest BCUT2D eigenvalue weighted by atomic mass is 9.99. The average Bonchev–Trinajstić information content (AvgIpc) is 3.27. The maximum atomic E-state index is 12.1. The van der Waals surface area contributed by atoms with Gasteiger partial charge in [0.2, 0.25) is 0 Å². The van der Waals surface area contributed by atoms with Gasteiger partial charge in [0.1, 0.15) is 0 Å². The Kier molecular flexibility index (Phi) is 5.66. The molecule has 2 amide bonds. The molecule has 0 bridgehead atoms. The van der Waals surface area contributed by atoms with Gasteiger partial charge in [0.25, 0.3) is 0 Å². The van der Waals surface area contributed by atoms with E-state index in [4.69, 9.17) is 0 Å². The van der Waals surface area contributed by atoms with Crippen LogP contribution < -0.4 is 5.32 Å². The fraction of sp³-hybridized carbons (Fsp3) is 0.933. The molecule has 1 saturated carbocycles. The Balaban J connectivity index is 1.69. The van der Waals surface area contributed by atoms with Crippen LogP contribution >= 0.6 is 0 Å². The predicted octanol–water partition coefficient (Wildman–Crippen LogP) is 1.27. The molecule has 2 fully saturated rings. The van der Waals surface area contributed by atoms with E-state index < -0.39 is 0 Å². The Morgan fingerprint density at radius 2 is 2.15 bits per heavy atom. The van der Waals surface area contributed by atoms with E-state index in [9.17, 15) is 9.90 Å². The van der Waals surface area contributed by atoms with Crippen molar-refractivity contribution in [3.8, 4) is 0 Å². The second-order valence-electron chi connectivity index (χ2n) is 6.43. The molecule has 116 valence electrons. The smallest absolute Gasteiger partial charge is 0.317 e. The Morgan fingerprint density at radius 1 is 1.40 bits per heavy atom. The molecule has 20 heavy (non-hydrogen) atoms. The summed E-state index contributed by atoms with van der Waals surface area (Å²) >= 11 is 0. The number of carbonyl (C=O) groups is 1. The topological polar surface area (TPSA) is 55.8 Å². The number of hydrogen-bond acceptors (Lipinski definition) is 3. The number of nitrogens with zero attached hydrogens (tertiary/aromatic N) is 2. The van der Waals surface area contributed by atoms with Crippen molar-refractivity contribution in [2.45, 2.75) is 51.6 Å². The van der Waals surface area contributed by atoms with Crippen LogP contribution in [0.2, 0.25) is 0 Å². The lowest BCUT2D eigenvalue weighted by molar-refractivity contribution is 0.128. The number of aliphatic hydroxyl groups excluding tert-OH is 1. The molecule has 0 spiro atoms. The first-order chi connectivity index (χ1) is 9.61. The number of urea groups is 1. The minimum Gasteiger partial charge on any atom is -0.396 e. The van der Waals surface area contributed by atoms with Crippen molar-refractivity contribution in [2.75, 3.05) is 32.8 Å². The van der Waals surface area contributed by atoms with Gasteiger partial charge in [0, 0.05) is 44.9 Å². The third-order valence-corrected chi connectivity index (χ3v) is 4.39. The molecular formula is C15H29N3O2. The average molecular weight is 283 g/mol. The molecule has 0 aromatic rings. The summed E-state index contributed by atoms with van der Waals surface area (Å²) in [6, 6.07) is 1.32. The highest BCUT2D eigenvalue weighted by atomic mass is 16.3. The van der Waals surface area contributed by atoms with E-state index in [1.54, 1.807) is 0 Å². The van der Waals surface area contributed by atoms with Gasteiger partial charge in [-0.2, -0.15) is 0 Å². The van der Waals surface area contributed by atoms with Crippen molar-refractivity contribution in [2.24, 2.45) is 5.92 Å². The second-order valence-corrected chi connectivity index (χ2v) is 6.43. The highest BCUT2D eigenvalue weighted by molar-refractivity contribution is 5.74. The molecule has 0 radical (unpaired) electrons. The zero-order valence-electron chi connectivity index (χ0n) is 12.8. The molecule has 1 aliphatic carbocycles. The highest BCUT2D eigenvalue weighted by Crippen LogP contribution is 2.27. The van der Waals surface area contributed by atoms with Crippen LogP contribution in [-0.2, 0) is 0 Å². The number of rotatable bonds is 6. The monoisotopic (exact) mass is 283 g/mol. The fourth-order valence-corrected chi connectivity index (χ4v) is 3.07. The number of amides is 2. The number of likely N-dealkylation sites (tertiary alicyclic amines) is 1. The minimum atomic E-state index is 0.0302. The molecule has 1 saturated heterocycles. The Hall–Kier alpha value is -0.810. The Labute approximate surface area is 122 Å². The normalized spacial score (nSPS) is 23.4. The number of aliphatic hydroxyl groups is 1. The molecule has 5 heteroatoms. The van der Waals surface area contributed by atoms with Crippen molar-refractivity contribution in [3.05, 3.63) is 0 Å². The van der Waals surface area contributed by atoms with Crippen LogP contribution in [0, 0.1) is 5.92 Å². The summed E-state index contributed by atoms with van der Waals surface area (Å²) in [6.45, 7) is 7.79. The van der Waals surface area contributed by atoms with E-state index in [1.165, 1.54) is 12.8 Å². The molecule has 2 N–H and O–H groups in total. The van der Waals surface area contributed by atoms with E-state index >= 15 is 0 Å². The zero-order chi connectivity index (χ0) is 14.5. The van der Waals surface area contributed by atoms with Crippen molar-refractivity contribution >= 4 is 6.03 Å². The largest absolute Gasteiger partial charge is 0.396 e. The van der Waals surface area contributed by atoms with Crippen LogP contribution in [-0.4, -0.2) is 65.8 Å². The maximum Gasteiger partial charge on any atom is 0.317 e. The molecule has 1 atom stereocenters. The molecule has 0 aromatic carbocycles. The number of hydrogen-bond donors (Lipinski definition) is 2. The number of nitrogens with one attached hydrogen (secondary N) is 1. The van der Waals surface area contributed by atoms with Crippen LogP contribution in [0.5, 0.6) is 0 Å². The van der Waals surface area contributed by atoms with Gasteiger partial charge in [-0.05, 0) is 45.4 Å². The van der Waals surface area contributed by atoms with Gasteiger partial charge >= 0.3 is 6.03 Å². The third-order valence-electron chi connectivity index (χ3n) is 4.39. The van der Waals surface area contributed by atoms with Gasteiger partial charge in [0.15, 0.2) is 0 Å². The number of carbonyl (C=O) groups excluding carboxylic acids is 1. The molecular weight excluding hydrogens is 254 g/mol. The summed E-state index contributed by atoms with van der Waals surface area (Å²) in [5.41, 5.74) is 0. The Bertz CT molecular complexity index is 316. The van der Waals surface area contributed by atoms with Crippen LogP contribution in [0.25, 0.3) is 0 Å². The fourth-order valence-electron chi connectivity index (χ4n) is 3.07. The molecule has 5 nitrogen and oxygen atoms in total. The van der Waals surface area contributed by atoms with Gasteiger partial charge in [-0.15, -0.1) is 0 Å². The van der Waals surface area contributed by atoms with Crippen molar-refractivity contribution in [3.63, 3.8) is 0 Å². The highest BCUT2D eigenvalue weighted by Gasteiger charge is 2.30. The van der Waals surface area contributed by atoms with Gasteiger partial charge < -0.3 is 15.3 Å². The zero-order valence-corrected chi connectivity index (χ0v) is 12.8. The maximum absolute atomic E-state index is 12.1. The van der Waals surface area contributed by atoms with Gasteiger partial charge in [0.05, 0.1) is 0 Å². The third kappa shape index (κ3) is 4.35. The van der Waals surface area contributed by atoms with E-state index in [2.05, 4.69) is 24.1 Å². The number of piperidine rings is 1. The first kappa shape index (κ1) is 15.6. The van der Waals surface area contributed by atoms with Gasteiger partial charge in [-0.25, -0.2) is 4.79 Å². The van der Waals surface area contributed by atoms with Crippen LogP contribution in [0.1, 0.15) is 39.5 Å². The lowest BCUT2D eigenvalue weighted by Gasteiger charge is -2.32. The molecule has 2 aliphatic rings. The van der Waals surface area contributed by atoms with Crippen molar-refractivity contribution in [1.82, 2.24) is 15.1 Å². The summed E-state index contributed by atoms with van der Waals surface area (Å²) in [4.78, 5) is 16.4. The van der Waals surface area contributed by atoms with E-state index in [0.29, 0.717) is 19.1 Å². The van der Waals surface area contributed by atoms with Crippen molar-refractivity contribution < 1.29 is 9.90 Å². The summed E-state index contributed by atoms with van der Waals surface area (Å²) < 4.78 is 0. The molecule has 0 aromatic heterocycles. The van der Waals surface area contributed by atoms with Crippen LogP contribution in [0.3, 0.4) is 0 Å². The molecule has 2 rings (SSSR count).